The predicted octanol–water partition coefficient (Wildman–Crippen LogP) is 30.5. The van der Waals surface area contributed by atoms with E-state index in [4.69, 9.17) is 22.9 Å². The molecule has 16 aromatic carbocycles. The molecule has 28 rings (SSSR count). The van der Waals surface area contributed by atoms with Crippen LogP contribution in [-0.4, -0.2) is 38.2 Å². The van der Waals surface area contributed by atoms with Gasteiger partial charge in [0.05, 0.1) is 61.0 Å². The molecule has 16 nitrogen and oxygen atoms in total. The highest BCUT2D eigenvalue weighted by molar-refractivity contribution is 6.22. The highest BCUT2D eigenvalue weighted by Gasteiger charge is 2.24. The van der Waals surface area contributed by atoms with Crippen molar-refractivity contribution in [2.24, 2.45) is 0 Å². The summed E-state index contributed by atoms with van der Waals surface area (Å²) in [5.74, 6) is 0. The van der Waals surface area contributed by atoms with Gasteiger partial charge in [0.15, 0.2) is 0 Å². The third kappa shape index (κ3) is 13.2. The lowest BCUT2D eigenvalue weighted by molar-refractivity contribution is 0.669. The third-order valence-corrected chi connectivity index (χ3v) is 25.9. The van der Waals surface area contributed by atoms with Crippen molar-refractivity contribution >= 4 is 175 Å². The number of pyridine rings is 4. The van der Waals surface area contributed by atoms with Gasteiger partial charge in [0.25, 0.3) is 0 Å². The zero-order chi connectivity index (χ0) is 90.6. The van der Waals surface area contributed by atoms with E-state index >= 15 is 0 Å². The molecule has 0 unspecified atom stereocenters. The number of fused-ring (bicyclic) bond motifs is 24. The normalized spacial score (nSPS) is 11.5. The third-order valence-electron chi connectivity index (χ3n) is 25.9. The number of aromatic nitrogens is 8. The van der Waals surface area contributed by atoms with Crippen LogP contribution in [0.2, 0.25) is 0 Å². The number of nitrogens with zero attached hydrogens (tertiary/aromatic N) is 12. The molecular weight excluding hydrogens is 1670 g/mol. The zero-order valence-corrected chi connectivity index (χ0v) is 72.3. The van der Waals surface area contributed by atoms with Gasteiger partial charge in [0.1, 0.15) is 80.3 Å². The molecule has 136 heavy (non-hydrogen) atoms. The summed E-state index contributed by atoms with van der Waals surface area (Å²) in [5.41, 5.74) is 29.3. The van der Waals surface area contributed by atoms with E-state index in [2.05, 4.69) is 293 Å². The van der Waals surface area contributed by atoms with Crippen molar-refractivity contribution in [2.75, 3.05) is 0 Å². The van der Waals surface area contributed by atoms with Crippen LogP contribution in [0.25, 0.3) is 242 Å². The fourth-order valence-electron chi connectivity index (χ4n) is 19.9. The van der Waals surface area contributed by atoms with Crippen LogP contribution in [0.4, 0.5) is 0 Å². The summed E-state index contributed by atoms with van der Waals surface area (Å²) in [6.07, 6.45) is 8.50. The topological polar surface area (TPSA) is 219 Å². The molecule has 12 aromatic heterocycles. The van der Waals surface area contributed by atoms with Gasteiger partial charge in [0, 0.05) is 186 Å². The summed E-state index contributed by atoms with van der Waals surface area (Å²) in [7, 11) is 0. The summed E-state index contributed by atoms with van der Waals surface area (Å²) in [6.45, 7) is 0. The Hall–Kier alpha value is -19.5. The number of hydrogen-bond acceptors (Lipinski definition) is 12. The lowest BCUT2D eigenvalue weighted by Gasteiger charge is -2.10. The number of furan rings is 4. The van der Waals surface area contributed by atoms with E-state index in [-0.39, 0.29) is 0 Å². The average Bonchev–Trinajstić information content (AvgIpc) is 1.58. The van der Waals surface area contributed by atoms with E-state index in [1.807, 2.05) is 133 Å². The number of benzene rings is 16. The van der Waals surface area contributed by atoms with E-state index in [0.717, 1.165) is 194 Å². The molecule has 0 amide bonds. The largest absolute Gasteiger partial charge is 0.456 e. The van der Waals surface area contributed by atoms with Crippen LogP contribution >= 0.6 is 0 Å². The lowest BCUT2D eigenvalue weighted by Crippen LogP contribution is -1.95. The number of nitriles is 4. The van der Waals surface area contributed by atoms with Crippen LogP contribution in [0.5, 0.6) is 0 Å². The van der Waals surface area contributed by atoms with Crippen LogP contribution in [-0.2, 0) is 0 Å². The highest BCUT2D eigenvalue weighted by Crippen LogP contribution is 2.46. The summed E-state index contributed by atoms with van der Waals surface area (Å²) in [5, 5.41) is 56.0. The number of para-hydroxylation sites is 8. The molecule has 0 N–H and O–H groups in total. The van der Waals surface area contributed by atoms with Crippen LogP contribution in [0.3, 0.4) is 0 Å². The molecule has 0 aliphatic rings. The molecular formula is C120H68N12O4. The van der Waals surface area contributed by atoms with E-state index < -0.39 is 0 Å². The Balaban J connectivity index is 0.0000000965. The highest BCUT2D eigenvalue weighted by atomic mass is 16.3. The maximum Gasteiger partial charge on any atom is 0.148 e. The smallest absolute Gasteiger partial charge is 0.148 e. The quantitative estimate of drug-likeness (QED) is 0.139. The van der Waals surface area contributed by atoms with Crippen LogP contribution < -0.4 is 0 Å². The first-order valence-corrected chi connectivity index (χ1v) is 44.5. The van der Waals surface area contributed by atoms with Crippen molar-refractivity contribution in [1.29, 1.82) is 21.0 Å². The first-order valence-electron chi connectivity index (χ1n) is 44.5. The first-order chi connectivity index (χ1) is 67.2. The average molecular weight is 1740 g/mol. The van der Waals surface area contributed by atoms with Gasteiger partial charge in [-0.25, -0.2) is 9.97 Å². The monoisotopic (exact) mass is 1740 g/mol. The van der Waals surface area contributed by atoms with Crippen molar-refractivity contribution in [3.63, 3.8) is 0 Å². The molecule has 632 valence electrons. The van der Waals surface area contributed by atoms with E-state index in [9.17, 15) is 15.8 Å². The lowest BCUT2D eigenvalue weighted by atomic mass is 10.0. The van der Waals surface area contributed by atoms with Gasteiger partial charge in [-0.3, -0.25) is 9.97 Å². The van der Waals surface area contributed by atoms with Gasteiger partial charge in [-0.2, -0.15) is 21.0 Å². The molecule has 0 fully saturated rings. The number of rotatable bonds is 8. The SMILES string of the molecule is N#Cc1ccc(-c2cccc(-n3c4ccccc4c4cc5c(cc43)oc3ccccc35)c2)cn1.N#Cc1cccnc1-c1cccc(-n2c3ccccc3c3cc4c(cc32)oc2ccccc24)c1.N#Cc1cncc(-c2cccc(-n3c4ccccc4c4cc5c(cc43)oc3ccccc35)c2)c1.N#Cc1ncccc1-c1cccc(-n2c3ccccc3c3cc4c(cc32)oc2ccccc24)c1. The molecule has 16 heteroatoms. The molecule has 28 aromatic rings. The molecule has 0 aliphatic carbocycles. The van der Waals surface area contributed by atoms with Crippen LogP contribution in [0, 0.1) is 45.3 Å². The second-order valence-electron chi connectivity index (χ2n) is 33.6. The second-order valence-corrected chi connectivity index (χ2v) is 33.6. The fraction of sp³-hybridized carbons (Fsp3) is 0. The maximum atomic E-state index is 9.57. The summed E-state index contributed by atoms with van der Waals surface area (Å²) >= 11 is 0. The van der Waals surface area contributed by atoms with Gasteiger partial charge in [-0.05, 0) is 180 Å². The molecule has 0 atom stereocenters. The van der Waals surface area contributed by atoms with Crippen molar-refractivity contribution in [3.05, 3.63) is 436 Å². The molecule has 0 bridgehead atoms. The minimum Gasteiger partial charge on any atom is -0.456 e. The fourth-order valence-corrected chi connectivity index (χ4v) is 19.9. The Kier molecular flexibility index (Phi) is 18.7. The molecule has 0 saturated heterocycles. The molecule has 0 aliphatic heterocycles. The van der Waals surface area contributed by atoms with Crippen molar-refractivity contribution in [1.82, 2.24) is 38.2 Å². The molecule has 12 heterocycles. The Morgan fingerprint density at radius 1 is 0.213 bits per heavy atom. The van der Waals surface area contributed by atoms with Crippen molar-refractivity contribution in [2.45, 2.75) is 0 Å². The maximum absolute atomic E-state index is 9.57. The van der Waals surface area contributed by atoms with Crippen molar-refractivity contribution in [3.8, 4) is 91.7 Å². The summed E-state index contributed by atoms with van der Waals surface area (Å²) in [6, 6.07) is 139. The van der Waals surface area contributed by atoms with Gasteiger partial charge < -0.3 is 35.9 Å². The Labute approximate surface area is 774 Å². The van der Waals surface area contributed by atoms with Gasteiger partial charge in [0.2, 0.25) is 0 Å². The molecule has 0 spiro atoms. The van der Waals surface area contributed by atoms with Gasteiger partial charge in [-0.1, -0.05) is 194 Å². The second kappa shape index (κ2) is 32.3. The standard InChI is InChI=1S/4C30H17N3O/c31-18-20-8-6-14-32-30(20)19-7-5-9-21(15-19)33-26-12-3-1-10-22(26)24-16-25-23-11-2-4-13-28(23)34-29(25)17-27(24)33;31-18-26-21(11-6-14-32-26)19-7-5-8-20(15-19)33-27-12-3-1-9-22(27)24-16-25-23-10-2-4-13-29(23)34-30(25)17-28(24)33;31-16-19-12-21(18-32-17-19)20-6-5-7-22(13-20)33-27-10-3-1-8-23(27)25-14-26-24-9-2-4-11-29(24)34-30(26)15-28(25)33;31-17-21-13-12-20(18-32-21)19-6-5-7-22(14-19)33-27-10-3-1-8-23(27)25-15-26-24-9-2-4-11-29(24)34-30(26)16-28(25)33/h2*1-17H;1-15,17-18H;1-16,18H. The number of hydrogen-bond donors (Lipinski definition) is 0. The minimum absolute atomic E-state index is 0.414. The van der Waals surface area contributed by atoms with E-state index in [1.165, 1.54) is 43.1 Å². The van der Waals surface area contributed by atoms with Gasteiger partial charge >= 0.3 is 0 Å². The molecule has 0 saturated carbocycles. The Bertz CT molecular complexity index is 9720. The Morgan fingerprint density at radius 2 is 0.581 bits per heavy atom. The predicted molar refractivity (Wildman–Crippen MR) is 544 cm³/mol. The van der Waals surface area contributed by atoms with Crippen molar-refractivity contribution < 1.29 is 17.7 Å². The summed E-state index contributed by atoms with van der Waals surface area (Å²) in [4.78, 5) is 17.2. The van der Waals surface area contributed by atoms with E-state index in [1.54, 1.807) is 49.2 Å². The minimum atomic E-state index is 0.414. The Morgan fingerprint density at radius 3 is 0.978 bits per heavy atom. The summed E-state index contributed by atoms with van der Waals surface area (Å²) < 4.78 is 33.9. The van der Waals surface area contributed by atoms with Crippen LogP contribution in [0.1, 0.15) is 22.5 Å². The first kappa shape index (κ1) is 78.7. The van der Waals surface area contributed by atoms with Crippen LogP contribution in [0.15, 0.2) is 431 Å². The zero-order valence-electron chi connectivity index (χ0n) is 72.3. The van der Waals surface area contributed by atoms with Gasteiger partial charge in [-0.15, -0.1) is 0 Å². The molecule has 0 radical (unpaired) electrons. The van der Waals surface area contributed by atoms with E-state index in [0.29, 0.717) is 28.2 Å².